The van der Waals surface area contributed by atoms with Crippen LogP contribution in [0.5, 0.6) is 0 Å². The molecule has 4 aliphatic rings. The highest BCUT2D eigenvalue weighted by atomic mass is 16.5. The van der Waals surface area contributed by atoms with E-state index in [-0.39, 0.29) is 24.0 Å². The van der Waals surface area contributed by atoms with Crippen molar-refractivity contribution >= 4 is 24.1 Å². The van der Waals surface area contributed by atoms with Gasteiger partial charge in [-0.3, -0.25) is 9.80 Å². The van der Waals surface area contributed by atoms with Gasteiger partial charge in [-0.2, -0.15) is 0 Å². The molecule has 4 aromatic rings. The second-order valence-electron chi connectivity index (χ2n) is 15.9. The van der Waals surface area contributed by atoms with Crippen molar-refractivity contribution in [1.82, 2.24) is 9.80 Å². The largest absolute Gasteiger partial charge is 0.461 e. The number of hydrogen-bond acceptors (Lipinski definition) is 6. The Kier molecular flexibility index (Phi) is 17.2. The van der Waals surface area contributed by atoms with Crippen LogP contribution in [0, 0.1) is 11.8 Å². The highest BCUT2D eigenvalue weighted by Crippen LogP contribution is 2.20. The van der Waals surface area contributed by atoms with Crippen molar-refractivity contribution < 1.29 is 19.1 Å². The van der Waals surface area contributed by atoms with Gasteiger partial charge in [-0.25, -0.2) is 9.59 Å². The summed E-state index contributed by atoms with van der Waals surface area (Å²) in [5, 5.41) is 0. The van der Waals surface area contributed by atoms with E-state index in [0.29, 0.717) is 25.0 Å². The van der Waals surface area contributed by atoms with Crippen LogP contribution in [0.2, 0.25) is 0 Å². The van der Waals surface area contributed by atoms with E-state index < -0.39 is 0 Å². The maximum atomic E-state index is 13.0. The Morgan fingerprint density at radius 3 is 1.23 bits per heavy atom. The topological polar surface area (TPSA) is 59.1 Å². The molecule has 0 fully saturated rings. The van der Waals surface area contributed by atoms with Crippen LogP contribution in [0.25, 0.3) is 12.2 Å². The third kappa shape index (κ3) is 14.4. The lowest BCUT2D eigenvalue weighted by atomic mass is 10.0. The average Bonchev–Trinajstić information content (AvgIpc) is 3.20. The number of esters is 2. The first-order chi connectivity index (χ1) is 27.2. The van der Waals surface area contributed by atoms with Crippen molar-refractivity contribution in [3.05, 3.63) is 155 Å². The van der Waals surface area contributed by atoms with Gasteiger partial charge in [-0.05, 0) is 109 Å². The number of carbonyl (C=O) groups is 2. The van der Waals surface area contributed by atoms with Gasteiger partial charge in [0, 0.05) is 37.3 Å². The molecule has 8 rings (SSSR count). The molecule has 0 unspecified atom stereocenters. The molecule has 296 valence electrons. The Morgan fingerprint density at radius 2 is 0.875 bits per heavy atom. The van der Waals surface area contributed by atoms with Gasteiger partial charge in [-0.15, -0.1) is 0 Å². The Bertz CT molecular complexity index is 1660. The Morgan fingerprint density at radius 1 is 0.500 bits per heavy atom. The minimum atomic E-state index is -0.313. The molecule has 56 heavy (non-hydrogen) atoms. The third-order valence-electron chi connectivity index (χ3n) is 10.8. The molecular formula is C50H62N2O4. The van der Waals surface area contributed by atoms with E-state index in [9.17, 15) is 9.59 Å². The molecule has 0 amide bonds. The molecule has 6 nitrogen and oxygen atoms in total. The van der Waals surface area contributed by atoms with Crippen molar-refractivity contribution in [3.63, 3.8) is 0 Å². The molecule has 0 N–H and O–H groups in total. The minimum Gasteiger partial charge on any atom is -0.461 e. The summed E-state index contributed by atoms with van der Waals surface area (Å²) in [6, 6.07) is 38.2. The Hall–Kier alpha value is -4.78. The summed E-state index contributed by atoms with van der Waals surface area (Å²) in [6.07, 6.45) is 12.9. The second kappa shape index (κ2) is 22.7. The summed E-state index contributed by atoms with van der Waals surface area (Å²) in [4.78, 5) is 30.9. The molecule has 0 saturated carbocycles. The predicted molar refractivity (Wildman–Crippen MR) is 230 cm³/mol. The van der Waals surface area contributed by atoms with E-state index in [1.807, 2.05) is 24.3 Å². The van der Waals surface area contributed by atoms with Crippen molar-refractivity contribution in [1.29, 1.82) is 0 Å². The zero-order chi connectivity index (χ0) is 39.5. The molecular weight excluding hydrogens is 693 g/mol. The van der Waals surface area contributed by atoms with Crippen LogP contribution in [0.15, 0.2) is 121 Å². The van der Waals surface area contributed by atoms with Gasteiger partial charge in [-0.1, -0.05) is 137 Å². The first-order valence-corrected chi connectivity index (χ1v) is 20.7. The fourth-order valence-corrected chi connectivity index (χ4v) is 7.44. The number of hydrogen-bond donors (Lipinski definition) is 0. The molecule has 0 saturated heterocycles. The average molecular weight is 755 g/mol. The molecule has 0 radical (unpaired) electrons. The van der Waals surface area contributed by atoms with Crippen molar-refractivity contribution in [2.24, 2.45) is 11.8 Å². The lowest BCUT2D eigenvalue weighted by Crippen LogP contribution is -2.43. The maximum Gasteiger partial charge on any atom is 0.330 e. The summed E-state index contributed by atoms with van der Waals surface area (Å²) < 4.78 is 11.8. The molecule has 0 spiro atoms. The van der Waals surface area contributed by atoms with E-state index in [0.717, 1.165) is 75.8 Å². The SMILES string of the molecule is CC(C)[C@H]1COC(=O)/C=C\c2ccc(cc2)CCCCN(Cc2ccccc2)[C@@H](C(C)C)COC(=O)/C=C\c2ccc(cc2)CCCCN1Cc1ccccc1. The summed E-state index contributed by atoms with van der Waals surface area (Å²) in [5.74, 6) is -0.0178. The zero-order valence-electron chi connectivity index (χ0n) is 34.0. The minimum absolute atomic E-state index is 0.0895. The van der Waals surface area contributed by atoms with E-state index in [1.54, 1.807) is 12.2 Å². The van der Waals surface area contributed by atoms with E-state index in [2.05, 4.69) is 135 Å². The van der Waals surface area contributed by atoms with E-state index in [1.165, 1.54) is 22.3 Å². The highest BCUT2D eigenvalue weighted by Gasteiger charge is 2.25. The van der Waals surface area contributed by atoms with Gasteiger partial charge in [0.15, 0.2) is 0 Å². The monoisotopic (exact) mass is 754 g/mol. The molecule has 0 aromatic heterocycles. The molecule has 6 heteroatoms. The van der Waals surface area contributed by atoms with Gasteiger partial charge >= 0.3 is 11.9 Å². The van der Waals surface area contributed by atoms with Crippen LogP contribution in [-0.4, -0.2) is 60.1 Å². The normalized spacial score (nSPS) is 20.4. The van der Waals surface area contributed by atoms with Crippen LogP contribution in [0.4, 0.5) is 0 Å². The second-order valence-corrected chi connectivity index (χ2v) is 15.9. The first-order valence-electron chi connectivity index (χ1n) is 20.7. The van der Waals surface area contributed by atoms with Crippen molar-refractivity contribution in [2.75, 3.05) is 26.3 Å². The summed E-state index contributed by atoms with van der Waals surface area (Å²) in [6.45, 7) is 12.9. The number of benzene rings is 4. The standard InChI is InChI=1S/C50H62N2O4/c1-39(2)47-37-55-49(53)31-29-43-25-23-42(24-26-43)16-12-14-34-52(36-46-19-9-6-10-20-46)48(40(3)4)38-56-50(54)32-30-44-27-21-41(22-28-44)15-11-13-33-51(47)35-45-17-7-5-8-18-45/h5-10,17-32,39-40,47-48H,11-16,33-38H2,1-4H3/b31-29-,32-30-/t47-,48-/m1/s1. The number of carbonyl (C=O) groups excluding carboxylic acids is 2. The van der Waals surface area contributed by atoms with Gasteiger partial charge in [0.1, 0.15) is 13.2 Å². The highest BCUT2D eigenvalue weighted by molar-refractivity contribution is 5.87. The van der Waals surface area contributed by atoms with E-state index >= 15 is 0 Å². The Labute approximate surface area is 336 Å². The third-order valence-corrected chi connectivity index (χ3v) is 10.8. The van der Waals surface area contributed by atoms with Crippen LogP contribution < -0.4 is 0 Å². The van der Waals surface area contributed by atoms with E-state index in [4.69, 9.17) is 9.47 Å². The van der Waals surface area contributed by atoms with Gasteiger partial charge in [0.05, 0.1) is 0 Å². The number of aryl methyl sites for hydroxylation is 2. The number of rotatable bonds is 6. The first kappa shape index (κ1) is 42.4. The van der Waals surface area contributed by atoms with Crippen molar-refractivity contribution in [3.8, 4) is 0 Å². The van der Waals surface area contributed by atoms with Gasteiger partial charge in [0.25, 0.3) is 0 Å². The van der Waals surface area contributed by atoms with Gasteiger partial charge < -0.3 is 9.47 Å². The molecule has 2 atom stereocenters. The van der Waals surface area contributed by atoms with Crippen LogP contribution in [0.3, 0.4) is 0 Å². The number of nitrogens with zero attached hydrogens (tertiary/aromatic N) is 2. The maximum absolute atomic E-state index is 13.0. The lowest BCUT2D eigenvalue weighted by molar-refractivity contribution is -0.141. The molecule has 4 aromatic carbocycles. The smallest absolute Gasteiger partial charge is 0.330 e. The Balaban J connectivity index is 1.31. The predicted octanol–water partition coefficient (Wildman–Crippen LogP) is 10.2. The molecule has 0 aliphatic carbocycles. The fraction of sp³-hybridized carbons (Fsp3) is 0.400. The van der Waals surface area contributed by atoms with Gasteiger partial charge in [0.2, 0.25) is 0 Å². The van der Waals surface area contributed by atoms with Crippen molar-refractivity contribution in [2.45, 2.75) is 91.4 Å². The summed E-state index contributed by atoms with van der Waals surface area (Å²) in [7, 11) is 0. The quantitative estimate of drug-likeness (QED) is 0.183. The fourth-order valence-electron chi connectivity index (χ4n) is 7.44. The molecule has 4 bridgehead atoms. The van der Waals surface area contributed by atoms with Crippen LogP contribution in [0.1, 0.15) is 86.8 Å². The van der Waals surface area contributed by atoms with Crippen LogP contribution >= 0.6 is 0 Å². The zero-order valence-corrected chi connectivity index (χ0v) is 34.0. The summed E-state index contributed by atoms with van der Waals surface area (Å²) in [5.41, 5.74) is 7.00. The molecule has 4 aliphatic heterocycles. The van der Waals surface area contributed by atoms with Crippen LogP contribution in [-0.2, 0) is 45.0 Å². The summed E-state index contributed by atoms with van der Waals surface area (Å²) >= 11 is 0. The molecule has 4 heterocycles. The number of ether oxygens (including phenoxy) is 2. The lowest BCUT2D eigenvalue weighted by Gasteiger charge is -2.34.